The Balaban J connectivity index is 1.92. The first kappa shape index (κ1) is 13.2. The third-order valence-electron chi connectivity index (χ3n) is 3.22. The third kappa shape index (κ3) is 3.88. The number of hydrogen-bond acceptors (Lipinski definition) is 2. The molecule has 1 N–H and O–H groups in total. The highest BCUT2D eigenvalue weighted by atomic mass is 16.5. The van der Waals surface area contributed by atoms with Gasteiger partial charge in [-0.05, 0) is 51.3 Å². The molecule has 0 bridgehead atoms. The first-order chi connectivity index (χ1) is 8.81. The summed E-state index contributed by atoms with van der Waals surface area (Å²) in [5.41, 5.74) is 2.52. The molecule has 2 rings (SSSR count). The molecule has 2 nitrogen and oxygen atoms in total. The van der Waals surface area contributed by atoms with E-state index in [0.717, 1.165) is 24.8 Å². The fourth-order valence-corrected chi connectivity index (χ4v) is 2.05. The van der Waals surface area contributed by atoms with Gasteiger partial charge in [0.25, 0.3) is 0 Å². The van der Waals surface area contributed by atoms with Crippen LogP contribution in [-0.4, -0.2) is 19.2 Å². The second kappa shape index (κ2) is 6.60. The van der Waals surface area contributed by atoms with Gasteiger partial charge in [0.05, 0.1) is 6.61 Å². The van der Waals surface area contributed by atoms with E-state index in [4.69, 9.17) is 4.74 Å². The number of allylic oxidation sites excluding steroid dienone is 1. The molecule has 0 spiro atoms. The lowest BCUT2D eigenvalue weighted by atomic mass is 10.1. The topological polar surface area (TPSA) is 21.3 Å². The smallest absolute Gasteiger partial charge is 0.126 e. The Morgan fingerprint density at radius 1 is 1.39 bits per heavy atom. The van der Waals surface area contributed by atoms with Crippen molar-refractivity contribution < 1.29 is 4.74 Å². The highest BCUT2D eigenvalue weighted by Crippen LogP contribution is 2.26. The molecule has 1 aromatic carbocycles. The molecule has 0 unspecified atom stereocenters. The van der Waals surface area contributed by atoms with Gasteiger partial charge in [0.15, 0.2) is 0 Å². The maximum Gasteiger partial charge on any atom is 0.126 e. The van der Waals surface area contributed by atoms with Crippen LogP contribution < -0.4 is 10.1 Å². The third-order valence-corrected chi connectivity index (χ3v) is 3.22. The van der Waals surface area contributed by atoms with Crippen LogP contribution in [0.4, 0.5) is 0 Å². The molecular weight excluding hydrogens is 222 g/mol. The van der Waals surface area contributed by atoms with Crippen molar-refractivity contribution in [2.45, 2.75) is 39.2 Å². The van der Waals surface area contributed by atoms with E-state index in [0.29, 0.717) is 6.61 Å². The standard InChI is InChI=1S/C16H23NO/c1-3-18-16-9-5-4-8-15(16)13(2)7-6-12-17-14-10-11-14/h4-5,7-9,14,17H,3,6,10-12H2,1-2H3. The van der Waals surface area contributed by atoms with Gasteiger partial charge in [0.1, 0.15) is 5.75 Å². The summed E-state index contributed by atoms with van der Waals surface area (Å²) in [6, 6.07) is 9.06. The van der Waals surface area contributed by atoms with Crippen molar-refractivity contribution in [3.05, 3.63) is 35.9 Å². The maximum atomic E-state index is 5.66. The summed E-state index contributed by atoms with van der Waals surface area (Å²) < 4.78 is 5.66. The van der Waals surface area contributed by atoms with E-state index in [1.807, 2.05) is 19.1 Å². The lowest BCUT2D eigenvalue weighted by Gasteiger charge is -2.10. The number of rotatable bonds is 7. The summed E-state index contributed by atoms with van der Waals surface area (Å²) in [4.78, 5) is 0. The Morgan fingerprint density at radius 2 is 2.17 bits per heavy atom. The zero-order valence-electron chi connectivity index (χ0n) is 11.4. The lowest BCUT2D eigenvalue weighted by Crippen LogP contribution is -2.16. The van der Waals surface area contributed by atoms with Gasteiger partial charge in [-0.3, -0.25) is 0 Å². The van der Waals surface area contributed by atoms with Crippen molar-refractivity contribution in [3.63, 3.8) is 0 Å². The molecule has 0 atom stereocenters. The van der Waals surface area contributed by atoms with Crippen LogP contribution in [0.2, 0.25) is 0 Å². The molecule has 1 aliphatic rings. The van der Waals surface area contributed by atoms with Gasteiger partial charge in [0.2, 0.25) is 0 Å². The van der Waals surface area contributed by atoms with Crippen LogP contribution in [0.15, 0.2) is 30.3 Å². The van der Waals surface area contributed by atoms with E-state index >= 15 is 0 Å². The van der Waals surface area contributed by atoms with Crippen molar-refractivity contribution in [2.24, 2.45) is 0 Å². The highest BCUT2D eigenvalue weighted by molar-refractivity contribution is 5.68. The Morgan fingerprint density at radius 3 is 2.89 bits per heavy atom. The molecule has 1 fully saturated rings. The number of nitrogens with one attached hydrogen (secondary N) is 1. The van der Waals surface area contributed by atoms with Crippen LogP contribution in [-0.2, 0) is 0 Å². The zero-order valence-corrected chi connectivity index (χ0v) is 11.4. The van der Waals surface area contributed by atoms with Gasteiger partial charge in [-0.2, -0.15) is 0 Å². The summed E-state index contributed by atoms with van der Waals surface area (Å²) >= 11 is 0. The summed E-state index contributed by atoms with van der Waals surface area (Å²) in [5, 5.41) is 3.53. The Labute approximate surface area is 110 Å². The molecular formula is C16H23NO. The lowest BCUT2D eigenvalue weighted by molar-refractivity contribution is 0.339. The van der Waals surface area contributed by atoms with E-state index in [-0.39, 0.29) is 0 Å². The fraction of sp³-hybridized carbons (Fsp3) is 0.500. The molecule has 0 amide bonds. The minimum atomic E-state index is 0.716. The van der Waals surface area contributed by atoms with Crippen LogP contribution in [0.5, 0.6) is 5.75 Å². The Bertz CT molecular complexity index is 407. The van der Waals surface area contributed by atoms with Gasteiger partial charge in [-0.15, -0.1) is 0 Å². The molecule has 18 heavy (non-hydrogen) atoms. The van der Waals surface area contributed by atoms with E-state index in [1.165, 1.54) is 24.0 Å². The van der Waals surface area contributed by atoms with E-state index in [2.05, 4.69) is 30.4 Å². The first-order valence-electron chi connectivity index (χ1n) is 6.93. The van der Waals surface area contributed by atoms with E-state index in [1.54, 1.807) is 0 Å². The van der Waals surface area contributed by atoms with Crippen LogP contribution in [0, 0.1) is 0 Å². The molecule has 0 radical (unpaired) electrons. The quantitative estimate of drug-likeness (QED) is 0.741. The number of hydrogen-bond donors (Lipinski definition) is 1. The van der Waals surface area contributed by atoms with Crippen molar-refractivity contribution >= 4 is 5.57 Å². The number of benzene rings is 1. The largest absolute Gasteiger partial charge is 0.493 e. The highest BCUT2D eigenvalue weighted by Gasteiger charge is 2.19. The van der Waals surface area contributed by atoms with E-state index < -0.39 is 0 Å². The molecule has 0 aromatic heterocycles. The zero-order chi connectivity index (χ0) is 12.8. The Hall–Kier alpha value is -1.28. The summed E-state index contributed by atoms with van der Waals surface area (Å²) in [6.45, 7) is 5.98. The van der Waals surface area contributed by atoms with Crippen LogP contribution in [0.1, 0.15) is 38.7 Å². The van der Waals surface area contributed by atoms with Crippen molar-refractivity contribution in [3.8, 4) is 5.75 Å². The number of para-hydroxylation sites is 1. The summed E-state index contributed by atoms with van der Waals surface area (Å²) in [6.07, 6.45) is 6.10. The van der Waals surface area contributed by atoms with Gasteiger partial charge in [-0.25, -0.2) is 0 Å². The molecule has 1 aromatic rings. The average Bonchev–Trinajstić information content (AvgIpc) is 3.19. The maximum absolute atomic E-state index is 5.66. The van der Waals surface area contributed by atoms with Crippen molar-refractivity contribution in [2.75, 3.05) is 13.2 Å². The minimum Gasteiger partial charge on any atom is -0.493 e. The normalized spacial score (nSPS) is 15.8. The predicted molar refractivity (Wildman–Crippen MR) is 76.9 cm³/mol. The summed E-state index contributed by atoms with van der Waals surface area (Å²) in [5.74, 6) is 0.990. The van der Waals surface area contributed by atoms with Gasteiger partial charge in [-0.1, -0.05) is 24.3 Å². The molecule has 1 aliphatic carbocycles. The fourth-order valence-electron chi connectivity index (χ4n) is 2.05. The van der Waals surface area contributed by atoms with Crippen molar-refractivity contribution in [1.29, 1.82) is 0 Å². The van der Waals surface area contributed by atoms with Crippen molar-refractivity contribution in [1.82, 2.24) is 5.32 Å². The average molecular weight is 245 g/mol. The van der Waals surface area contributed by atoms with Crippen LogP contribution >= 0.6 is 0 Å². The second-order valence-electron chi connectivity index (χ2n) is 4.83. The molecule has 0 heterocycles. The first-order valence-corrected chi connectivity index (χ1v) is 6.93. The molecule has 0 saturated heterocycles. The molecule has 0 aliphatic heterocycles. The van der Waals surface area contributed by atoms with E-state index in [9.17, 15) is 0 Å². The molecule has 1 saturated carbocycles. The summed E-state index contributed by atoms with van der Waals surface area (Å²) in [7, 11) is 0. The van der Waals surface area contributed by atoms with Crippen LogP contribution in [0.3, 0.4) is 0 Å². The van der Waals surface area contributed by atoms with Gasteiger partial charge < -0.3 is 10.1 Å². The Kier molecular flexibility index (Phi) is 4.82. The molecule has 98 valence electrons. The second-order valence-corrected chi connectivity index (χ2v) is 4.83. The van der Waals surface area contributed by atoms with Gasteiger partial charge >= 0.3 is 0 Å². The monoisotopic (exact) mass is 245 g/mol. The van der Waals surface area contributed by atoms with Gasteiger partial charge in [0, 0.05) is 11.6 Å². The predicted octanol–water partition coefficient (Wildman–Crippen LogP) is 3.63. The van der Waals surface area contributed by atoms with Crippen LogP contribution in [0.25, 0.3) is 5.57 Å². The number of ether oxygens (including phenoxy) is 1. The molecule has 2 heteroatoms. The SMILES string of the molecule is CCOc1ccccc1C(C)=CCCNC1CC1. The minimum absolute atomic E-state index is 0.716.